The topological polar surface area (TPSA) is 34.0 Å². The molecule has 4 heteroatoms. The van der Waals surface area contributed by atoms with Crippen molar-refractivity contribution < 1.29 is 0 Å². The standard InChI is InChI=1S/C17H24N4/c1-13(2)21-17(7-10-18-21)16-6-4-5-15(19-16)14-8-11-20(3)12-9-14/h4-7,10,13-14H,8-9,11-12H2,1-3H3. The van der Waals surface area contributed by atoms with E-state index < -0.39 is 0 Å². The summed E-state index contributed by atoms with van der Waals surface area (Å²) in [7, 11) is 2.20. The highest BCUT2D eigenvalue weighted by molar-refractivity contribution is 5.54. The van der Waals surface area contributed by atoms with Crippen LogP contribution in [0.5, 0.6) is 0 Å². The van der Waals surface area contributed by atoms with Crippen molar-refractivity contribution in [3.63, 3.8) is 0 Å². The molecule has 2 aromatic heterocycles. The van der Waals surface area contributed by atoms with Crippen molar-refractivity contribution in [2.75, 3.05) is 20.1 Å². The minimum atomic E-state index is 0.351. The molecule has 0 N–H and O–H groups in total. The van der Waals surface area contributed by atoms with Gasteiger partial charge in [-0.1, -0.05) is 6.07 Å². The van der Waals surface area contributed by atoms with Gasteiger partial charge < -0.3 is 4.90 Å². The van der Waals surface area contributed by atoms with E-state index >= 15 is 0 Å². The lowest BCUT2D eigenvalue weighted by Crippen LogP contribution is -2.29. The number of rotatable bonds is 3. The molecular formula is C17H24N4. The Kier molecular flexibility index (Phi) is 4.06. The molecule has 0 atom stereocenters. The Morgan fingerprint density at radius 1 is 1.14 bits per heavy atom. The van der Waals surface area contributed by atoms with Crippen molar-refractivity contribution >= 4 is 0 Å². The third-order valence-electron chi connectivity index (χ3n) is 4.33. The highest BCUT2D eigenvalue weighted by Gasteiger charge is 2.20. The van der Waals surface area contributed by atoms with E-state index in [0.717, 1.165) is 11.4 Å². The van der Waals surface area contributed by atoms with Gasteiger partial charge in [0, 0.05) is 23.9 Å². The van der Waals surface area contributed by atoms with Gasteiger partial charge in [0.05, 0.1) is 11.4 Å². The summed E-state index contributed by atoms with van der Waals surface area (Å²) in [6.45, 7) is 6.63. The van der Waals surface area contributed by atoms with E-state index in [0.29, 0.717) is 12.0 Å². The SMILES string of the molecule is CC(C)n1nccc1-c1cccc(C2CCN(C)CC2)n1. The molecule has 0 bridgehead atoms. The Hall–Kier alpha value is -1.68. The Bertz CT molecular complexity index is 594. The van der Waals surface area contributed by atoms with Crippen LogP contribution in [0.3, 0.4) is 0 Å². The van der Waals surface area contributed by atoms with Crippen LogP contribution >= 0.6 is 0 Å². The summed E-state index contributed by atoms with van der Waals surface area (Å²) in [6, 6.07) is 8.81. The Morgan fingerprint density at radius 3 is 2.62 bits per heavy atom. The van der Waals surface area contributed by atoms with Crippen molar-refractivity contribution in [1.82, 2.24) is 19.7 Å². The zero-order valence-electron chi connectivity index (χ0n) is 13.2. The van der Waals surface area contributed by atoms with Crippen molar-refractivity contribution in [3.8, 4) is 11.4 Å². The molecule has 21 heavy (non-hydrogen) atoms. The van der Waals surface area contributed by atoms with Crippen LogP contribution in [0.4, 0.5) is 0 Å². The van der Waals surface area contributed by atoms with Crippen LogP contribution in [0.1, 0.15) is 44.3 Å². The number of nitrogens with zero attached hydrogens (tertiary/aromatic N) is 4. The lowest BCUT2D eigenvalue weighted by atomic mass is 9.93. The molecule has 0 saturated carbocycles. The van der Waals surface area contributed by atoms with Gasteiger partial charge in [0.15, 0.2) is 0 Å². The van der Waals surface area contributed by atoms with Gasteiger partial charge in [-0.15, -0.1) is 0 Å². The van der Waals surface area contributed by atoms with E-state index in [1.807, 2.05) is 10.9 Å². The second kappa shape index (κ2) is 5.98. The van der Waals surface area contributed by atoms with Crippen LogP contribution in [0, 0.1) is 0 Å². The zero-order valence-corrected chi connectivity index (χ0v) is 13.2. The molecule has 1 aliphatic heterocycles. The summed E-state index contributed by atoms with van der Waals surface area (Å²) in [4.78, 5) is 7.32. The van der Waals surface area contributed by atoms with Gasteiger partial charge in [-0.2, -0.15) is 5.10 Å². The summed E-state index contributed by atoms with van der Waals surface area (Å²) in [6.07, 6.45) is 4.27. The second-order valence-electron chi connectivity index (χ2n) is 6.28. The van der Waals surface area contributed by atoms with Gasteiger partial charge in [-0.3, -0.25) is 9.67 Å². The summed E-state index contributed by atoms with van der Waals surface area (Å²) < 4.78 is 2.04. The molecule has 2 aromatic rings. The largest absolute Gasteiger partial charge is 0.306 e. The molecule has 0 aromatic carbocycles. The average molecular weight is 284 g/mol. The van der Waals surface area contributed by atoms with Crippen LogP contribution in [-0.2, 0) is 0 Å². The maximum atomic E-state index is 4.93. The third-order valence-corrected chi connectivity index (χ3v) is 4.33. The first-order chi connectivity index (χ1) is 10.1. The third kappa shape index (κ3) is 3.00. The van der Waals surface area contributed by atoms with E-state index in [4.69, 9.17) is 4.98 Å². The quantitative estimate of drug-likeness (QED) is 0.867. The van der Waals surface area contributed by atoms with Gasteiger partial charge in [-0.25, -0.2) is 0 Å². The maximum absolute atomic E-state index is 4.93. The summed E-state index contributed by atoms with van der Waals surface area (Å²) in [5, 5.41) is 4.41. The number of hydrogen-bond donors (Lipinski definition) is 0. The van der Waals surface area contributed by atoms with Crippen molar-refractivity contribution in [2.45, 2.75) is 38.6 Å². The van der Waals surface area contributed by atoms with E-state index in [1.54, 1.807) is 0 Å². The molecule has 1 saturated heterocycles. The smallest absolute Gasteiger partial charge is 0.0886 e. The lowest BCUT2D eigenvalue weighted by Gasteiger charge is -2.28. The van der Waals surface area contributed by atoms with E-state index in [2.05, 4.69) is 55.2 Å². The molecule has 0 spiro atoms. The molecule has 112 valence electrons. The highest BCUT2D eigenvalue weighted by atomic mass is 15.3. The molecule has 0 amide bonds. The predicted octanol–water partition coefficient (Wildman–Crippen LogP) is 3.34. The monoisotopic (exact) mass is 284 g/mol. The first-order valence-electron chi connectivity index (χ1n) is 7.84. The van der Waals surface area contributed by atoms with Gasteiger partial charge in [0.25, 0.3) is 0 Å². The Morgan fingerprint density at radius 2 is 1.90 bits per heavy atom. The molecule has 0 radical (unpaired) electrons. The summed E-state index contributed by atoms with van der Waals surface area (Å²) >= 11 is 0. The first kappa shape index (κ1) is 14.3. The molecule has 4 nitrogen and oxygen atoms in total. The second-order valence-corrected chi connectivity index (χ2v) is 6.28. The number of aromatic nitrogens is 3. The lowest BCUT2D eigenvalue weighted by molar-refractivity contribution is 0.253. The molecule has 3 rings (SSSR count). The van der Waals surface area contributed by atoms with Gasteiger partial charge in [0.2, 0.25) is 0 Å². The van der Waals surface area contributed by atoms with Crippen molar-refractivity contribution in [3.05, 3.63) is 36.2 Å². The normalized spacial score (nSPS) is 17.5. The fourth-order valence-electron chi connectivity index (χ4n) is 3.05. The predicted molar refractivity (Wildman–Crippen MR) is 85.3 cm³/mol. The minimum Gasteiger partial charge on any atom is -0.306 e. The Balaban J connectivity index is 1.88. The molecular weight excluding hydrogens is 260 g/mol. The molecule has 1 fully saturated rings. The molecule has 1 aliphatic rings. The van der Waals surface area contributed by atoms with Crippen molar-refractivity contribution in [1.29, 1.82) is 0 Å². The molecule has 0 unspecified atom stereocenters. The fraction of sp³-hybridized carbons (Fsp3) is 0.529. The molecule has 3 heterocycles. The van der Waals surface area contributed by atoms with Crippen LogP contribution in [0.25, 0.3) is 11.4 Å². The number of hydrogen-bond acceptors (Lipinski definition) is 3. The number of likely N-dealkylation sites (tertiary alicyclic amines) is 1. The fourth-order valence-corrected chi connectivity index (χ4v) is 3.05. The van der Waals surface area contributed by atoms with Crippen LogP contribution in [0.15, 0.2) is 30.5 Å². The summed E-state index contributed by atoms with van der Waals surface area (Å²) in [5.41, 5.74) is 3.38. The van der Waals surface area contributed by atoms with E-state index in [9.17, 15) is 0 Å². The van der Waals surface area contributed by atoms with Gasteiger partial charge in [0.1, 0.15) is 0 Å². The van der Waals surface area contributed by atoms with E-state index in [1.165, 1.54) is 31.6 Å². The Labute approximate surface area is 126 Å². The molecule has 0 aliphatic carbocycles. The average Bonchev–Trinajstić information content (AvgIpc) is 2.98. The van der Waals surface area contributed by atoms with Crippen LogP contribution < -0.4 is 0 Å². The number of piperidine rings is 1. The highest BCUT2D eigenvalue weighted by Crippen LogP contribution is 2.28. The van der Waals surface area contributed by atoms with Gasteiger partial charge in [-0.05, 0) is 65.0 Å². The van der Waals surface area contributed by atoms with Crippen LogP contribution in [0.2, 0.25) is 0 Å². The van der Waals surface area contributed by atoms with Gasteiger partial charge >= 0.3 is 0 Å². The minimum absolute atomic E-state index is 0.351. The van der Waals surface area contributed by atoms with Crippen LogP contribution in [-0.4, -0.2) is 39.8 Å². The number of pyridine rings is 1. The zero-order chi connectivity index (χ0) is 14.8. The maximum Gasteiger partial charge on any atom is 0.0886 e. The van der Waals surface area contributed by atoms with Crippen molar-refractivity contribution in [2.24, 2.45) is 0 Å². The van der Waals surface area contributed by atoms with E-state index in [-0.39, 0.29) is 0 Å². The first-order valence-corrected chi connectivity index (χ1v) is 7.84. The summed E-state index contributed by atoms with van der Waals surface area (Å²) in [5.74, 6) is 0.594.